The van der Waals surface area contributed by atoms with Gasteiger partial charge in [-0.3, -0.25) is 4.79 Å². The highest BCUT2D eigenvalue weighted by molar-refractivity contribution is 9.10. The fourth-order valence-electron chi connectivity index (χ4n) is 3.17. The average molecular weight is 600 g/mol. The van der Waals surface area contributed by atoms with Crippen molar-refractivity contribution >= 4 is 60.6 Å². The molecule has 176 valence electrons. The van der Waals surface area contributed by atoms with E-state index >= 15 is 0 Å². The molecule has 3 rings (SSSR count). The summed E-state index contributed by atoms with van der Waals surface area (Å²) in [6, 6.07) is 7.22. The summed E-state index contributed by atoms with van der Waals surface area (Å²) in [4.78, 5) is 18.1. The first-order valence-corrected chi connectivity index (χ1v) is 12.5. The molecule has 0 bridgehead atoms. The maximum atomic E-state index is 13.4. The van der Waals surface area contributed by atoms with Crippen LogP contribution in [0, 0.1) is 0 Å². The number of nitrogens with zero attached hydrogens (tertiary/aromatic N) is 3. The Morgan fingerprint density at radius 2 is 1.94 bits per heavy atom. The lowest BCUT2D eigenvalue weighted by Crippen LogP contribution is -2.29. The molecule has 1 aromatic heterocycles. The highest BCUT2D eigenvalue weighted by Crippen LogP contribution is 2.42. The standard InChI is InChI=1S/C24H26Br2ClN3O3/c1-7-32-18-10-14(19(26)20(27)21(18)33-13(2)3)12-28-30-22(31)16-11-15(25)8-9-17(16)29-23(30)24(4,5)6/h8-13H,7H2,1-6H3. The quantitative estimate of drug-likeness (QED) is 0.288. The SMILES string of the molecule is CCOc1cc(C=Nn2c(C(C)(C)C)nc3ccc(Br)cc3c2=O)c(Br)c(Cl)c1OC(C)C. The Morgan fingerprint density at radius 3 is 2.55 bits per heavy atom. The highest BCUT2D eigenvalue weighted by Gasteiger charge is 2.23. The molecular formula is C24H26Br2ClN3O3. The summed E-state index contributed by atoms with van der Waals surface area (Å²) in [5.74, 6) is 1.51. The molecule has 0 saturated heterocycles. The van der Waals surface area contributed by atoms with Crippen molar-refractivity contribution in [2.45, 2.75) is 53.1 Å². The van der Waals surface area contributed by atoms with Crippen LogP contribution in [-0.4, -0.2) is 28.6 Å². The molecule has 0 aliphatic rings. The molecule has 0 aliphatic carbocycles. The molecule has 0 fully saturated rings. The monoisotopic (exact) mass is 597 g/mol. The van der Waals surface area contributed by atoms with Crippen LogP contribution in [0.15, 0.2) is 43.1 Å². The summed E-state index contributed by atoms with van der Waals surface area (Å²) in [5, 5.41) is 5.38. The Balaban J connectivity index is 2.21. The van der Waals surface area contributed by atoms with Gasteiger partial charge in [0.15, 0.2) is 11.5 Å². The predicted octanol–water partition coefficient (Wildman–Crippen LogP) is 6.94. The smallest absolute Gasteiger partial charge is 0.282 e. The molecule has 2 aromatic carbocycles. The van der Waals surface area contributed by atoms with Crippen molar-refractivity contribution in [3.8, 4) is 11.5 Å². The Kier molecular flexibility index (Phi) is 7.91. The van der Waals surface area contributed by atoms with E-state index in [2.05, 4.69) is 37.0 Å². The largest absolute Gasteiger partial charge is 0.490 e. The zero-order valence-electron chi connectivity index (χ0n) is 19.4. The molecule has 0 unspecified atom stereocenters. The van der Waals surface area contributed by atoms with Gasteiger partial charge >= 0.3 is 0 Å². The summed E-state index contributed by atoms with van der Waals surface area (Å²) in [7, 11) is 0. The van der Waals surface area contributed by atoms with E-state index in [0.29, 0.717) is 49.9 Å². The summed E-state index contributed by atoms with van der Waals surface area (Å²) in [5.41, 5.74) is 0.589. The highest BCUT2D eigenvalue weighted by atomic mass is 79.9. The van der Waals surface area contributed by atoms with Crippen molar-refractivity contribution in [2.75, 3.05) is 6.61 Å². The molecular weight excluding hydrogens is 574 g/mol. The van der Waals surface area contributed by atoms with Gasteiger partial charge in [-0.1, -0.05) is 48.3 Å². The number of benzene rings is 2. The molecule has 9 heteroatoms. The Bertz CT molecular complexity index is 1280. The topological polar surface area (TPSA) is 65.7 Å². The average Bonchev–Trinajstić information content (AvgIpc) is 2.72. The van der Waals surface area contributed by atoms with E-state index in [9.17, 15) is 4.79 Å². The maximum absolute atomic E-state index is 13.4. The van der Waals surface area contributed by atoms with Crippen LogP contribution in [0.1, 0.15) is 52.9 Å². The molecule has 0 N–H and O–H groups in total. The fourth-order valence-corrected chi connectivity index (χ4v) is 4.17. The van der Waals surface area contributed by atoms with E-state index in [1.54, 1.807) is 18.3 Å². The minimum Gasteiger partial charge on any atom is -0.490 e. The van der Waals surface area contributed by atoms with Crippen LogP contribution in [-0.2, 0) is 5.41 Å². The normalized spacial score (nSPS) is 12.2. The van der Waals surface area contributed by atoms with Gasteiger partial charge in [-0.05, 0) is 61.0 Å². The van der Waals surface area contributed by atoms with E-state index in [0.717, 1.165) is 4.47 Å². The number of ether oxygens (including phenoxy) is 2. The molecule has 0 atom stereocenters. The number of hydrogen-bond acceptors (Lipinski definition) is 5. The second-order valence-electron chi connectivity index (χ2n) is 8.73. The lowest BCUT2D eigenvalue weighted by Gasteiger charge is -2.21. The molecule has 3 aromatic rings. The number of rotatable bonds is 6. The van der Waals surface area contributed by atoms with Crippen LogP contribution >= 0.6 is 43.5 Å². The van der Waals surface area contributed by atoms with Crippen LogP contribution in [0.5, 0.6) is 11.5 Å². The first-order valence-electron chi connectivity index (χ1n) is 10.5. The van der Waals surface area contributed by atoms with Crippen molar-refractivity contribution in [1.82, 2.24) is 9.66 Å². The van der Waals surface area contributed by atoms with Crippen molar-refractivity contribution in [3.63, 3.8) is 0 Å². The molecule has 0 aliphatic heterocycles. The summed E-state index contributed by atoms with van der Waals surface area (Å²) >= 11 is 13.6. The van der Waals surface area contributed by atoms with Crippen molar-refractivity contribution < 1.29 is 9.47 Å². The lowest BCUT2D eigenvalue weighted by atomic mass is 9.95. The molecule has 0 saturated carbocycles. The van der Waals surface area contributed by atoms with E-state index in [1.807, 2.05) is 53.7 Å². The minimum atomic E-state index is -0.419. The van der Waals surface area contributed by atoms with Gasteiger partial charge < -0.3 is 9.47 Å². The van der Waals surface area contributed by atoms with Gasteiger partial charge in [0.1, 0.15) is 10.8 Å². The predicted molar refractivity (Wildman–Crippen MR) is 141 cm³/mol. The number of hydrogen-bond donors (Lipinski definition) is 0. The third kappa shape index (κ3) is 5.61. The Hall–Kier alpha value is -1.90. The van der Waals surface area contributed by atoms with Crippen LogP contribution in [0.4, 0.5) is 0 Å². The number of aromatic nitrogens is 2. The van der Waals surface area contributed by atoms with Crippen LogP contribution in [0.2, 0.25) is 5.02 Å². The second kappa shape index (κ2) is 10.2. The summed E-state index contributed by atoms with van der Waals surface area (Å²) in [6.45, 7) is 12.1. The first kappa shape index (κ1) is 25.7. The van der Waals surface area contributed by atoms with Crippen molar-refractivity contribution in [3.05, 3.63) is 60.0 Å². The van der Waals surface area contributed by atoms with Gasteiger partial charge in [0.2, 0.25) is 0 Å². The Labute approximate surface area is 215 Å². The van der Waals surface area contributed by atoms with Gasteiger partial charge in [-0.25, -0.2) is 4.98 Å². The molecule has 0 spiro atoms. The van der Waals surface area contributed by atoms with Gasteiger partial charge in [0, 0.05) is 19.9 Å². The van der Waals surface area contributed by atoms with Gasteiger partial charge in [-0.15, -0.1) is 0 Å². The molecule has 0 amide bonds. The van der Waals surface area contributed by atoms with E-state index in [-0.39, 0.29) is 11.7 Å². The van der Waals surface area contributed by atoms with Gasteiger partial charge in [-0.2, -0.15) is 9.78 Å². The maximum Gasteiger partial charge on any atom is 0.282 e. The third-order valence-corrected chi connectivity index (χ3v) is 6.54. The van der Waals surface area contributed by atoms with E-state index in [4.69, 9.17) is 26.1 Å². The van der Waals surface area contributed by atoms with Gasteiger partial charge in [0.05, 0.1) is 29.8 Å². The zero-order valence-corrected chi connectivity index (χ0v) is 23.3. The minimum absolute atomic E-state index is 0.0796. The Morgan fingerprint density at radius 1 is 1.24 bits per heavy atom. The third-order valence-electron chi connectivity index (χ3n) is 4.60. The summed E-state index contributed by atoms with van der Waals surface area (Å²) in [6.07, 6.45) is 1.49. The van der Waals surface area contributed by atoms with Crippen LogP contribution in [0.3, 0.4) is 0 Å². The number of halogens is 3. The van der Waals surface area contributed by atoms with Crippen molar-refractivity contribution in [1.29, 1.82) is 0 Å². The van der Waals surface area contributed by atoms with Gasteiger partial charge in [0.25, 0.3) is 5.56 Å². The fraction of sp³-hybridized carbons (Fsp3) is 0.375. The lowest BCUT2D eigenvalue weighted by molar-refractivity contribution is 0.224. The van der Waals surface area contributed by atoms with E-state index in [1.165, 1.54) is 4.68 Å². The molecule has 6 nitrogen and oxygen atoms in total. The van der Waals surface area contributed by atoms with Crippen LogP contribution in [0.25, 0.3) is 10.9 Å². The number of fused-ring (bicyclic) bond motifs is 1. The second-order valence-corrected chi connectivity index (χ2v) is 10.8. The van der Waals surface area contributed by atoms with Crippen LogP contribution < -0.4 is 15.0 Å². The molecule has 33 heavy (non-hydrogen) atoms. The van der Waals surface area contributed by atoms with Crippen molar-refractivity contribution in [2.24, 2.45) is 5.10 Å². The first-order chi connectivity index (χ1) is 15.4. The zero-order chi connectivity index (χ0) is 24.5. The summed E-state index contributed by atoms with van der Waals surface area (Å²) < 4.78 is 14.4. The molecule has 1 heterocycles. The molecule has 0 radical (unpaired) electrons. The van der Waals surface area contributed by atoms with E-state index < -0.39 is 5.41 Å².